The van der Waals surface area contributed by atoms with Crippen molar-refractivity contribution in [2.24, 2.45) is 5.73 Å². The van der Waals surface area contributed by atoms with Crippen molar-refractivity contribution in [3.63, 3.8) is 0 Å². The van der Waals surface area contributed by atoms with Gasteiger partial charge in [-0.1, -0.05) is 60.1 Å². The summed E-state index contributed by atoms with van der Waals surface area (Å²) in [5, 5.41) is 5.10. The van der Waals surface area contributed by atoms with Crippen LogP contribution in [-0.2, 0) is 11.3 Å². The zero-order valence-electron chi connectivity index (χ0n) is 15.8. The Morgan fingerprint density at radius 3 is 2.62 bits per heavy atom. The smallest absolute Gasteiger partial charge is 0.258 e. The van der Waals surface area contributed by atoms with Crippen LogP contribution in [0.3, 0.4) is 0 Å². The van der Waals surface area contributed by atoms with Gasteiger partial charge in [-0.05, 0) is 36.6 Å². The van der Waals surface area contributed by atoms with E-state index in [-0.39, 0.29) is 12.4 Å². The van der Waals surface area contributed by atoms with Gasteiger partial charge in [-0.2, -0.15) is 4.98 Å². The summed E-state index contributed by atoms with van der Waals surface area (Å²) in [5.74, 6) is 1.91. The Labute approximate surface area is 179 Å². The fourth-order valence-electron chi connectivity index (χ4n) is 3.76. The van der Waals surface area contributed by atoms with Gasteiger partial charge in [-0.3, -0.25) is 0 Å². The lowest BCUT2D eigenvalue weighted by Gasteiger charge is -2.17. The number of thioether (sulfide) groups is 1. The molecular formula is C21H22ClN5OS. The summed E-state index contributed by atoms with van der Waals surface area (Å²) < 4.78 is 5.60. The Kier molecular flexibility index (Phi) is 5.63. The number of para-hydroxylation sites is 2. The molecule has 0 saturated heterocycles. The van der Waals surface area contributed by atoms with Gasteiger partial charge < -0.3 is 15.2 Å². The van der Waals surface area contributed by atoms with Gasteiger partial charge in [0.15, 0.2) is 11.0 Å². The van der Waals surface area contributed by atoms with Crippen LogP contribution in [0.4, 0.5) is 0 Å². The SMILES string of the molecule is Cl.NC1(c2noc(-c3ccccc3CSc3nc4ccccc4[nH]3)n2)CCCC1. The normalized spacial score (nSPS) is 15.5. The third kappa shape index (κ3) is 3.90. The standard InChI is InChI=1S/C21H21N5OS.ClH/c22-21(11-5-6-12-21)19-25-18(27-26-19)15-8-2-1-7-14(15)13-28-20-23-16-9-3-4-10-17(16)24-20;/h1-4,7-10H,5-6,11-13,22H2,(H,23,24);1H. The average Bonchev–Trinajstić information content (AvgIpc) is 3.46. The van der Waals surface area contributed by atoms with Crippen LogP contribution in [0.5, 0.6) is 0 Å². The molecular weight excluding hydrogens is 406 g/mol. The summed E-state index contributed by atoms with van der Waals surface area (Å²) in [6.45, 7) is 0. The summed E-state index contributed by atoms with van der Waals surface area (Å²) in [6, 6.07) is 16.2. The van der Waals surface area contributed by atoms with Gasteiger partial charge in [-0.25, -0.2) is 4.98 Å². The molecule has 150 valence electrons. The van der Waals surface area contributed by atoms with E-state index < -0.39 is 5.54 Å². The molecule has 4 aromatic rings. The molecule has 8 heteroatoms. The highest BCUT2D eigenvalue weighted by molar-refractivity contribution is 7.98. The maximum Gasteiger partial charge on any atom is 0.258 e. The minimum Gasteiger partial charge on any atom is -0.334 e. The Morgan fingerprint density at radius 2 is 1.79 bits per heavy atom. The Balaban J connectivity index is 0.00000205. The van der Waals surface area contributed by atoms with E-state index in [4.69, 9.17) is 10.3 Å². The van der Waals surface area contributed by atoms with E-state index in [1.807, 2.05) is 42.5 Å². The third-order valence-corrected chi connectivity index (χ3v) is 6.27. The third-order valence-electron chi connectivity index (χ3n) is 5.35. The average molecular weight is 428 g/mol. The van der Waals surface area contributed by atoms with Crippen LogP contribution in [0, 0.1) is 0 Å². The molecule has 2 aromatic carbocycles. The summed E-state index contributed by atoms with van der Waals surface area (Å²) in [6.07, 6.45) is 4.06. The van der Waals surface area contributed by atoms with Crippen molar-refractivity contribution in [3.8, 4) is 11.5 Å². The van der Waals surface area contributed by atoms with Crippen molar-refractivity contribution in [1.29, 1.82) is 0 Å². The summed E-state index contributed by atoms with van der Waals surface area (Å²) >= 11 is 1.66. The zero-order chi connectivity index (χ0) is 19.0. The van der Waals surface area contributed by atoms with E-state index >= 15 is 0 Å². The molecule has 1 fully saturated rings. The molecule has 0 amide bonds. The van der Waals surface area contributed by atoms with E-state index in [1.165, 1.54) is 0 Å². The first-order valence-electron chi connectivity index (χ1n) is 9.50. The number of benzene rings is 2. The number of halogens is 1. The first kappa shape index (κ1) is 19.9. The number of nitrogens with two attached hydrogens (primary N) is 1. The molecule has 1 aliphatic carbocycles. The zero-order valence-corrected chi connectivity index (χ0v) is 17.4. The lowest BCUT2D eigenvalue weighted by molar-refractivity contribution is 0.372. The largest absolute Gasteiger partial charge is 0.334 e. The van der Waals surface area contributed by atoms with Gasteiger partial charge in [0.1, 0.15) is 0 Å². The number of hydrogen-bond acceptors (Lipinski definition) is 6. The molecule has 0 bridgehead atoms. The van der Waals surface area contributed by atoms with Gasteiger partial charge in [0, 0.05) is 11.3 Å². The van der Waals surface area contributed by atoms with Crippen molar-refractivity contribution in [1.82, 2.24) is 20.1 Å². The van der Waals surface area contributed by atoms with Crippen molar-refractivity contribution >= 4 is 35.2 Å². The fourth-order valence-corrected chi connectivity index (χ4v) is 4.65. The quantitative estimate of drug-likeness (QED) is 0.432. The lowest BCUT2D eigenvalue weighted by atomic mass is 9.98. The Hall–Kier alpha value is -2.35. The van der Waals surface area contributed by atoms with Crippen LogP contribution in [0.1, 0.15) is 37.1 Å². The number of fused-ring (bicyclic) bond motifs is 1. The second-order valence-electron chi connectivity index (χ2n) is 7.29. The predicted octanol–water partition coefficient (Wildman–Crippen LogP) is 5.06. The van der Waals surface area contributed by atoms with Crippen LogP contribution >= 0.6 is 24.2 Å². The number of nitrogens with one attached hydrogen (secondary N) is 1. The maximum absolute atomic E-state index is 6.48. The molecule has 3 N–H and O–H groups in total. The number of aromatic nitrogens is 4. The Bertz CT molecular complexity index is 1090. The van der Waals surface area contributed by atoms with E-state index in [0.29, 0.717) is 11.7 Å². The van der Waals surface area contributed by atoms with Gasteiger partial charge in [0.05, 0.1) is 16.6 Å². The van der Waals surface area contributed by atoms with Gasteiger partial charge in [0.2, 0.25) is 0 Å². The van der Waals surface area contributed by atoms with Crippen molar-refractivity contribution in [3.05, 3.63) is 59.9 Å². The molecule has 2 heterocycles. The summed E-state index contributed by atoms with van der Waals surface area (Å²) in [4.78, 5) is 12.6. The highest BCUT2D eigenvalue weighted by atomic mass is 35.5. The molecule has 0 unspecified atom stereocenters. The molecule has 6 nitrogen and oxygen atoms in total. The van der Waals surface area contributed by atoms with Crippen LogP contribution in [0.2, 0.25) is 0 Å². The lowest BCUT2D eigenvalue weighted by Crippen LogP contribution is -2.34. The maximum atomic E-state index is 6.48. The molecule has 0 atom stereocenters. The first-order chi connectivity index (χ1) is 13.7. The van der Waals surface area contributed by atoms with Crippen LogP contribution in [-0.4, -0.2) is 20.1 Å². The summed E-state index contributed by atoms with van der Waals surface area (Å²) in [5.41, 5.74) is 10.1. The van der Waals surface area contributed by atoms with Gasteiger partial charge >= 0.3 is 0 Å². The second-order valence-corrected chi connectivity index (χ2v) is 8.26. The van der Waals surface area contributed by atoms with Crippen LogP contribution < -0.4 is 5.73 Å². The van der Waals surface area contributed by atoms with Crippen LogP contribution in [0.25, 0.3) is 22.5 Å². The molecule has 1 saturated carbocycles. The molecule has 0 radical (unpaired) electrons. The highest BCUT2D eigenvalue weighted by Gasteiger charge is 2.36. The summed E-state index contributed by atoms with van der Waals surface area (Å²) in [7, 11) is 0. The van der Waals surface area contributed by atoms with Crippen molar-refractivity contribution < 1.29 is 4.52 Å². The number of rotatable bonds is 5. The van der Waals surface area contributed by atoms with Crippen LogP contribution in [0.15, 0.2) is 58.2 Å². The van der Waals surface area contributed by atoms with E-state index in [9.17, 15) is 0 Å². The minimum absolute atomic E-state index is 0. The van der Waals surface area contributed by atoms with Crippen molar-refractivity contribution in [2.75, 3.05) is 0 Å². The molecule has 0 aliphatic heterocycles. The molecule has 1 aliphatic rings. The predicted molar refractivity (Wildman–Crippen MR) is 117 cm³/mol. The van der Waals surface area contributed by atoms with Gasteiger partial charge in [0.25, 0.3) is 5.89 Å². The van der Waals surface area contributed by atoms with E-state index in [0.717, 1.165) is 58.8 Å². The molecule has 2 aromatic heterocycles. The van der Waals surface area contributed by atoms with E-state index in [1.54, 1.807) is 11.8 Å². The molecule has 0 spiro atoms. The second kappa shape index (κ2) is 8.18. The number of aromatic amines is 1. The number of nitrogens with zero attached hydrogens (tertiary/aromatic N) is 3. The Morgan fingerprint density at radius 1 is 1.03 bits per heavy atom. The fraction of sp³-hybridized carbons (Fsp3) is 0.286. The van der Waals surface area contributed by atoms with E-state index in [2.05, 4.69) is 26.2 Å². The van der Waals surface area contributed by atoms with Crippen molar-refractivity contribution in [2.45, 2.75) is 42.1 Å². The topological polar surface area (TPSA) is 93.6 Å². The first-order valence-corrected chi connectivity index (χ1v) is 10.5. The molecule has 29 heavy (non-hydrogen) atoms. The monoisotopic (exact) mass is 427 g/mol. The number of H-pyrrole nitrogens is 1. The number of imidazole rings is 1. The minimum atomic E-state index is -0.445. The molecule has 5 rings (SSSR count). The number of hydrogen-bond donors (Lipinski definition) is 2. The highest BCUT2D eigenvalue weighted by Crippen LogP contribution is 2.36. The van der Waals surface area contributed by atoms with Gasteiger partial charge in [-0.15, -0.1) is 12.4 Å².